The molecule has 0 radical (unpaired) electrons. The lowest BCUT2D eigenvalue weighted by molar-refractivity contribution is -0.125. The van der Waals surface area contributed by atoms with Gasteiger partial charge in [0.2, 0.25) is 6.10 Å². The van der Waals surface area contributed by atoms with E-state index in [1.54, 1.807) is 17.0 Å². The van der Waals surface area contributed by atoms with E-state index in [4.69, 9.17) is 9.47 Å². The molecule has 188 valence electrons. The van der Waals surface area contributed by atoms with E-state index in [1.165, 1.54) is 0 Å². The summed E-state index contributed by atoms with van der Waals surface area (Å²) in [6.45, 7) is 4.89. The van der Waals surface area contributed by atoms with Crippen LogP contribution in [0.3, 0.4) is 0 Å². The van der Waals surface area contributed by atoms with Crippen LogP contribution in [0.5, 0.6) is 11.5 Å². The number of carbonyl (C=O) groups is 2. The molecule has 0 spiro atoms. The Kier molecular flexibility index (Phi) is 6.27. The van der Waals surface area contributed by atoms with Gasteiger partial charge in [-0.15, -0.1) is 0 Å². The molecule has 2 aromatic carbocycles. The molecule has 2 aliphatic rings. The third kappa shape index (κ3) is 4.35. The first kappa shape index (κ1) is 23.7. The van der Waals surface area contributed by atoms with Gasteiger partial charge in [0, 0.05) is 12.1 Å². The highest BCUT2D eigenvalue weighted by Gasteiger charge is 2.44. The Morgan fingerprint density at radius 2 is 1.86 bits per heavy atom. The quantitative estimate of drug-likeness (QED) is 0.422. The lowest BCUT2D eigenvalue weighted by Crippen LogP contribution is -2.48. The van der Waals surface area contributed by atoms with Gasteiger partial charge in [0.15, 0.2) is 17.3 Å². The second-order valence-corrected chi connectivity index (χ2v) is 9.39. The van der Waals surface area contributed by atoms with Crippen LogP contribution in [0.2, 0.25) is 0 Å². The summed E-state index contributed by atoms with van der Waals surface area (Å²) in [5, 5.41) is 16.5. The zero-order valence-electron chi connectivity index (χ0n) is 20.5. The molecule has 2 aliphatic heterocycles. The van der Waals surface area contributed by atoms with Gasteiger partial charge in [0.25, 0.3) is 5.91 Å². The molecule has 1 aromatic heterocycles. The molecule has 0 saturated carbocycles. The van der Waals surface area contributed by atoms with E-state index in [0.29, 0.717) is 30.4 Å². The smallest absolute Gasteiger partial charge is 0.319 e. The minimum atomic E-state index is -0.811. The Balaban J connectivity index is 1.29. The van der Waals surface area contributed by atoms with E-state index in [-0.39, 0.29) is 24.6 Å². The van der Waals surface area contributed by atoms with Crippen LogP contribution in [0.4, 0.5) is 10.6 Å². The third-order valence-electron chi connectivity index (χ3n) is 6.67. The first-order chi connectivity index (χ1) is 17.4. The monoisotopic (exact) mass is 490 g/mol. The van der Waals surface area contributed by atoms with Crippen molar-refractivity contribution in [1.29, 1.82) is 0 Å². The number of anilines is 1. The van der Waals surface area contributed by atoms with Crippen molar-refractivity contribution in [3.8, 4) is 11.5 Å². The molecular formula is C26H30N6O4. The number of hydrogen-bond acceptors (Lipinski definition) is 6. The number of H-pyrrole nitrogens is 1. The summed E-state index contributed by atoms with van der Waals surface area (Å²) in [4.78, 5) is 28.1. The van der Waals surface area contributed by atoms with E-state index in [0.717, 1.165) is 16.8 Å². The summed E-state index contributed by atoms with van der Waals surface area (Å²) in [5.41, 5.74) is 1.91. The lowest BCUT2D eigenvalue weighted by Gasteiger charge is -2.33. The SMILES string of the molecule is CNC[C@@H](NC(=O)N1Cc2c(NC(=O)C3COc4ccccc4O3)n[nH]c2C1(C)C)c1ccccc1. The van der Waals surface area contributed by atoms with Crippen LogP contribution in [0, 0.1) is 0 Å². The number of para-hydroxylation sites is 2. The zero-order chi connectivity index (χ0) is 25.3. The predicted octanol–water partition coefficient (Wildman–Crippen LogP) is 2.91. The number of benzene rings is 2. The van der Waals surface area contributed by atoms with E-state index < -0.39 is 11.6 Å². The molecule has 3 aromatic rings. The molecule has 0 fully saturated rings. The molecular weight excluding hydrogens is 460 g/mol. The van der Waals surface area contributed by atoms with Gasteiger partial charge in [-0.05, 0) is 38.6 Å². The number of nitrogens with zero attached hydrogens (tertiary/aromatic N) is 2. The normalized spacial score (nSPS) is 18.3. The number of aromatic amines is 1. The standard InChI is InChI=1S/C26H30N6O4/c1-26(2)22-17(14-32(26)25(34)28-18(13-27-3)16-9-5-4-6-10-16)23(31-30-22)29-24(33)21-15-35-19-11-7-8-12-20(19)36-21/h4-12,18,21,27H,13-15H2,1-3H3,(H,28,34)(H2,29,30,31,33)/t18-,21?/m1/s1. The molecule has 0 bridgehead atoms. The van der Waals surface area contributed by atoms with Crippen LogP contribution in [0.15, 0.2) is 54.6 Å². The molecule has 10 nitrogen and oxygen atoms in total. The average Bonchev–Trinajstić information content (AvgIpc) is 3.41. The van der Waals surface area contributed by atoms with Crippen molar-refractivity contribution in [2.24, 2.45) is 0 Å². The highest BCUT2D eigenvalue weighted by Crippen LogP contribution is 2.41. The number of fused-ring (bicyclic) bond motifs is 2. The van der Waals surface area contributed by atoms with Crippen molar-refractivity contribution in [2.75, 3.05) is 25.5 Å². The number of ether oxygens (including phenoxy) is 2. The number of likely N-dealkylation sites (N-methyl/N-ethyl adjacent to an activating group) is 1. The van der Waals surface area contributed by atoms with Crippen LogP contribution in [0.1, 0.15) is 36.7 Å². The maximum atomic E-state index is 13.4. The molecule has 1 unspecified atom stereocenters. The van der Waals surface area contributed by atoms with Crippen molar-refractivity contribution in [3.05, 3.63) is 71.4 Å². The summed E-state index contributed by atoms with van der Waals surface area (Å²) in [6, 6.07) is 16.7. The van der Waals surface area contributed by atoms with Gasteiger partial charge in [-0.25, -0.2) is 4.79 Å². The molecule has 3 heterocycles. The highest BCUT2D eigenvalue weighted by atomic mass is 16.6. The van der Waals surface area contributed by atoms with Gasteiger partial charge in [-0.2, -0.15) is 5.10 Å². The zero-order valence-corrected chi connectivity index (χ0v) is 20.5. The summed E-state index contributed by atoms with van der Waals surface area (Å²) in [7, 11) is 1.85. The van der Waals surface area contributed by atoms with E-state index in [2.05, 4.69) is 26.1 Å². The summed E-state index contributed by atoms with van der Waals surface area (Å²) < 4.78 is 11.5. The Hall–Kier alpha value is -4.05. The molecule has 36 heavy (non-hydrogen) atoms. The average molecular weight is 491 g/mol. The first-order valence-electron chi connectivity index (χ1n) is 11.9. The minimum absolute atomic E-state index is 0.0990. The molecule has 10 heteroatoms. The van der Waals surface area contributed by atoms with Crippen molar-refractivity contribution in [3.63, 3.8) is 0 Å². The Bertz CT molecular complexity index is 1260. The first-order valence-corrected chi connectivity index (χ1v) is 11.9. The Labute approximate surface area is 209 Å². The van der Waals surface area contributed by atoms with Gasteiger partial charge in [0.05, 0.1) is 23.8 Å². The number of hydrogen-bond donors (Lipinski definition) is 4. The topological polar surface area (TPSA) is 121 Å². The predicted molar refractivity (Wildman–Crippen MR) is 134 cm³/mol. The van der Waals surface area contributed by atoms with Crippen LogP contribution in [-0.2, 0) is 16.9 Å². The maximum absolute atomic E-state index is 13.4. The molecule has 3 amide bonds. The molecule has 2 atom stereocenters. The number of rotatable bonds is 6. The third-order valence-corrected chi connectivity index (χ3v) is 6.67. The minimum Gasteiger partial charge on any atom is -0.485 e. The van der Waals surface area contributed by atoms with Crippen LogP contribution in [0.25, 0.3) is 0 Å². The fraction of sp³-hybridized carbons (Fsp3) is 0.346. The van der Waals surface area contributed by atoms with Crippen LogP contribution in [-0.4, -0.2) is 53.3 Å². The van der Waals surface area contributed by atoms with Gasteiger partial charge < -0.3 is 30.3 Å². The van der Waals surface area contributed by atoms with E-state index in [1.807, 2.05) is 63.4 Å². The second kappa shape index (κ2) is 9.54. The fourth-order valence-corrected chi connectivity index (χ4v) is 4.66. The van der Waals surface area contributed by atoms with Crippen molar-refractivity contribution in [2.45, 2.75) is 38.1 Å². The van der Waals surface area contributed by atoms with Crippen molar-refractivity contribution in [1.82, 2.24) is 25.7 Å². The second-order valence-electron chi connectivity index (χ2n) is 9.39. The Morgan fingerprint density at radius 1 is 1.14 bits per heavy atom. The van der Waals surface area contributed by atoms with Crippen LogP contribution < -0.4 is 25.4 Å². The number of amides is 3. The number of urea groups is 1. The molecule has 0 aliphatic carbocycles. The van der Waals surface area contributed by atoms with Gasteiger partial charge in [-0.1, -0.05) is 42.5 Å². The summed E-state index contributed by atoms with van der Waals surface area (Å²) in [6.07, 6.45) is -0.811. The number of nitrogens with one attached hydrogen (secondary N) is 4. The van der Waals surface area contributed by atoms with Crippen LogP contribution >= 0.6 is 0 Å². The van der Waals surface area contributed by atoms with Gasteiger partial charge >= 0.3 is 6.03 Å². The lowest BCUT2D eigenvalue weighted by atomic mass is 10.0. The fourth-order valence-electron chi connectivity index (χ4n) is 4.66. The van der Waals surface area contributed by atoms with Crippen molar-refractivity contribution >= 4 is 17.8 Å². The number of carbonyl (C=O) groups excluding carboxylic acids is 2. The summed E-state index contributed by atoms with van der Waals surface area (Å²) >= 11 is 0. The van der Waals surface area contributed by atoms with E-state index in [9.17, 15) is 9.59 Å². The summed E-state index contributed by atoms with van der Waals surface area (Å²) in [5.74, 6) is 1.15. The molecule has 0 saturated heterocycles. The van der Waals surface area contributed by atoms with Gasteiger partial charge in [0.1, 0.15) is 6.61 Å². The Morgan fingerprint density at radius 3 is 2.61 bits per heavy atom. The maximum Gasteiger partial charge on any atom is 0.319 e. The van der Waals surface area contributed by atoms with Crippen molar-refractivity contribution < 1.29 is 19.1 Å². The molecule has 5 rings (SSSR count). The van der Waals surface area contributed by atoms with E-state index >= 15 is 0 Å². The largest absolute Gasteiger partial charge is 0.485 e. The van der Waals surface area contributed by atoms with Gasteiger partial charge in [-0.3, -0.25) is 9.89 Å². The number of aromatic nitrogens is 2. The molecule has 4 N–H and O–H groups in total. The highest BCUT2D eigenvalue weighted by molar-refractivity contribution is 5.95.